The van der Waals surface area contributed by atoms with Gasteiger partial charge >= 0.3 is 0 Å². The van der Waals surface area contributed by atoms with Gasteiger partial charge in [0.1, 0.15) is 5.69 Å². The second-order valence-corrected chi connectivity index (χ2v) is 5.21. The molecule has 0 spiro atoms. The molecule has 2 atom stereocenters. The number of ether oxygens (including phenoxy) is 1. The van der Waals surface area contributed by atoms with E-state index in [9.17, 15) is 10.1 Å². The highest BCUT2D eigenvalue weighted by atomic mass is 16.6. The van der Waals surface area contributed by atoms with Crippen molar-refractivity contribution in [3.8, 4) is 0 Å². The van der Waals surface area contributed by atoms with E-state index < -0.39 is 0 Å². The van der Waals surface area contributed by atoms with Crippen molar-refractivity contribution in [2.75, 3.05) is 25.1 Å². The Balaban J connectivity index is 2.34. The number of nitro groups is 1. The number of anilines is 1. The molecule has 0 aromatic heterocycles. The molecule has 0 bridgehead atoms. The maximum absolute atomic E-state index is 11.2. The minimum absolute atomic E-state index is 0.0780. The molecule has 1 aliphatic rings. The maximum atomic E-state index is 11.2. The zero-order valence-electron chi connectivity index (χ0n) is 11.9. The number of rotatable bonds is 4. The standard InChI is InChI=1S/C14H21N3O3/c1-10-3-4-13(17(18)19)14(7-10)16-6-5-12(20-2)8-11(16)9-15/h3-4,7,11-12H,5-6,8-9,15H2,1-2H3. The Hall–Kier alpha value is -1.66. The predicted octanol–water partition coefficient (Wildman–Crippen LogP) is 1.85. The summed E-state index contributed by atoms with van der Waals surface area (Å²) in [5.41, 5.74) is 7.66. The van der Waals surface area contributed by atoms with E-state index in [1.54, 1.807) is 19.2 Å². The molecule has 1 heterocycles. The minimum atomic E-state index is -0.329. The molecule has 2 rings (SSSR count). The highest BCUT2D eigenvalue weighted by Gasteiger charge is 2.31. The number of hydrogen-bond acceptors (Lipinski definition) is 5. The average Bonchev–Trinajstić information content (AvgIpc) is 2.46. The van der Waals surface area contributed by atoms with Crippen LogP contribution in [0.4, 0.5) is 11.4 Å². The van der Waals surface area contributed by atoms with Gasteiger partial charge in [0.05, 0.1) is 11.0 Å². The molecule has 1 aromatic rings. The van der Waals surface area contributed by atoms with Gasteiger partial charge in [0.2, 0.25) is 0 Å². The molecular formula is C14H21N3O3. The van der Waals surface area contributed by atoms with E-state index in [1.807, 2.05) is 13.0 Å². The first kappa shape index (κ1) is 14.7. The molecule has 0 saturated carbocycles. The van der Waals surface area contributed by atoms with E-state index in [0.717, 1.165) is 24.9 Å². The van der Waals surface area contributed by atoms with Crippen LogP contribution < -0.4 is 10.6 Å². The number of aryl methyl sites for hydroxylation is 1. The number of methoxy groups -OCH3 is 1. The highest BCUT2D eigenvalue weighted by Crippen LogP contribution is 2.34. The van der Waals surface area contributed by atoms with E-state index >= 15 is 0 Å². The molecule has 1 saturated heterocycles. The number of nitrogens with two attached hydrogens (primary N) is 1. The summed E-state index contributed by atoms with van der Waals surface area (Å²) in [5.74, 6) is 0. The first-order valence-electron chi connectivity index (χ1n) is 6.81. The summed E-state index contributed by atoms with van der Waals surface area (Å²) in [6.45, 7) is 3.13. The Morgan fingerprint density at radius 1 is 1.55 bits per heavy atom. The largest absolute Gasteiger partial charge is 0.381 e. The summed E-state index contributed by atoms with van der Waals surface area (Å²) >= 11 is 0. The average molecular weight is 279 g/mol. The van der Waals surface area contributed by atoms with Crippen LogP contribution in [0.2, 0.25) is 0 Å². The van der Waals surface area contributed by atoms with Gasteiger partial charge in [0, 0.05) is 32.3 Å². The van der Waals surface area contributed by atoms with Crippen LogP contribution in [0.15, 0.2) is 18.2 Å². The van der Waals surface area contributed by atoms with Crippen LogP contribution in [0, 0.1) is 17.0 Å². The van der Waals surface area contributed by atoms with Gasteiger partial charge in [0.15, 0.2) is 0 Å². The van der Waals surface area contributed by atoms with Crippen LogP contribution in [-0.2, 0) is 4.74 Å². The Bertz CT molecular complexity index is 493. The van der Waals surface area contributed by atoms with Crippen molar-refractivity contribution in [3.05, 3.63) is 33.9 Å². The molecule has 2 N–H and O–H groups in total. The first-order chi connectivity index (χ1) is 9.56. The maximum Gasteiger partial charge on any atom is 0.292 e. The van der Waals surface area contributed by atoms with Gasteiger partial charge in [-0.3, -0.25) is 10.1 Å². The van der Waals surface area contributed by atoms with E-state index in [2.05, 4.69) is 4.90 Å². The van der Waals surface area contributed by atoms with Crippen LogP contribution in [0.25, 0.3) is 0 Å². The van der Waals surface area contributed by atoms with Crippen LogP contribution in [0.3, 0.4) is 0 Å². The van der Waals surface area contributed by atoms with Crippen molar-refractivity contribution in [1.29, 1.82) is 0 Å². The summed E-state index contributed by atoms with van der Waals surface area (Å²) in [6.07, 6.45) is 1.85. The molecule has 6 nitrogen and oxygen atoms in total. The summed E-state index contributed by atoms with van der Waals surface area (Å²) in [6, 6.07) is 5.28. The van der Waals surface area contributed by atoms with Gasteiger partial charge < -0.3 is 15.4 Å². The van der Waals surface area contributed by atoms with E-state index in [-0.39, 0.29) is 22.8 Å². The zero-order chi connectivity index (χ0) is 14.7. The third-order valence-electron chi connectivity index (χ3n) is 3.91. The molecule has 20 heavy (non-hydrogen) atoms. The number of benzene rings is 1. The van der Waals surface area contributed by atoms with Gasteiger partial charge in [-0.05, 0) is 31.4 Å². The Labute approximate surface area is 118 Å². The smallest absolute Gasteiger partial charge is 0.292 e. The van der Waals surface area contributed by atoms with Crippen molar-refractivity contribution in [1.82, 2.24) is 0 Å². The summed E-state index contributed by atoms with van der Waals surface area (Å²) in [7, 11) is 1.70. The zero-order valence-corrected chi connectivity index (χ0v) is 11.9. The second kappa shape index (κ2) is 6.19. The molecule has 0 aliphatic carbocycles. The van der Waals surface area contributed by atoms with Crippen molar-refractivity contribution in [2.24, 2.45) is 5.73 Å². The molecule has 0 radical (unpaired) electrons. The third-order valence-corrected chi connectivity index (χ3v) is 3.91. The van der Waals surface area contributed by atoms with Gasteiger partial charge in [-0.2, -0.15) is 0 Å². The van der Waals surface area contributed by atoms with Crippen molar-refractivity contribution in [2.45, 2.75) is 31.9 Å². The third kappa shape index (κ3) is 2.91. The molecule has 1 aromatic carbocycles. The quantitative estimate of drug-likeness (QED) is 0.672. The van der Waals surface area contributed by atoms with E-state index in [4.69, 9.17) is 10.5 Å². The van der Waals surface area contributed by atoms with Crippen LogP contribution >= 0.6 is 0 Å². The number of piperidine rings is 1. The van der Waals surface area contributed by atoms with Gasteiger partial charge in [0.25, 0.3) is 5.69 Å². The van der Waals surface area contributed by atoms with Gasteiger partial charge in [-0.15, -0.1) is 0 Å². The van der Waals surface area contributed by atoms with E-state index in [0.29, 0.717) is 12.2 Å². The molecule has 6 heteroatoms. The van der Waals surface area contributed by atoms with Crippen molar-refractivity contribution >= 4 is 11.4 Å². The normalized spacial score (nSPS) is 22.9. The lowest BCUT2D eigenvalue weighted by molar-refractivity contribution is -0.384. The molecular weight excluding hydrogens is 258 g/mol. The summed E-state index contributed by atoms with van der Waals surface area (Å²) in [4.78, 5) is 12.9. The number of hydrogen-bond donors (Lipinski definition) is 1. The van der Waals surface area contributed by atoms with Crippen LogP contribution in [0.5, 0.6) is 0 Å². The lowest BCUT2D eigenvalue weighted by Crippen LogP contribution is -2.48. The van der Waals surface area contributed by atoms with E-state index in [1.165, 1.54) is 0 Å². The second-order valence-electron chi connectivity index (χ2n) is 5.21. The Kier molecular flexibility index (Phi) is 4.57. The molecule has 2 unspecified atom stereocenters. The fraction of sp³-hybridized carbons (Fsp3) is 0.571. The number of nitro benzene ring substituents is 1. The molecule has 1 aliphatic heterocycles. The van der Waals surface area contributed by atoms with Gasteiger partial charge in [-0.25, -0.2) is 0 Å². The SMILES string of the molecule is COC1CCN(c2cc(C)ccc2[N+](=O)[O-])C(CN)C1. The highest BCUT2D eigenvalue weighted by molar-refractivity contribution is 5.65. The van der Waals surface area contributed by atoms with Gasteiger partial charge in [-0.1, -0.05) is 6.07 Å². The summed E-state index contributed by atoms with van der Waals surface area (Å²) < 4.78 is 5.39. The molecule has 1 fully saturated rings. The minimum Gasteiger partial charge on any atom is -0.381 e. The lowest BCUT2D eigenvalue weighted by Gasteiger charge is -2.39. The molecule has 0 amide bonds. The van der Waals surface area contributed by atoms with Crippen LogP contribution in [0.1, 0.15) is 18.4 Å². The fourth-order valence-corrected chi connectivity index (χ4v) is 2.79. The van der Waals surface area contributed by atoms with Crippen LogP contribution in [-0.4, -0.2) is 37.3 Å². The Morgan fingerprint density at radius 3 is 2.90 bits per heavy atom. The van der Waals surface area contributed by atoms with Crippen molar-refractivity contribution in [3.63, 3.8) is 0 Å². The number of nitrogens with zero attached hydrogens (tertiary/aromatic N) is 2. The topological polar surface area (TPSA) is 81.6 Å². The van der Waals surface area contributed by atoms with Crippen molar-refractivity contribution < 1.29 is 9.66 Å². The monoisotopic (exact) mass is 279 g/mol. The molecule has 110 valence electrons. The Morgan fingerprint density at radius 2 is 2.30 bits per heavy atom. The predicted molar refractivity (Wildman–Crippen MR) is 78.1 cm³/mol. The fourth-order valence-electron chi connectivity index (χ4n) is 2.79. The summed E-state index contributed by atoms with van der Waals surface area (Å²) in [5, 5.41) is 11.2. The first-order valence-corrected chi connectivity index (χ1v) is 6.81. The lowest BCUT2D eigenvalue weighted by atomic mass is 9.97.